The first kappa shape index (κ1) is 21.9. The SMILES string of the molecule is CCn1ncc2c(NC3CCOCC3)c(C(=O)NCc3ccc(OC)c(OC)c3)cnc21. The van der Waals surface area contributed by atoms with E-state index in [1.54, 1.807) is 26.6 Å². The highest BCUT2D eigenvalue weighted by atomic mass is 16.5. The smallest absolute Gasteiger partial charge is 0.255 e. The van der Waals surface area contributed by atoms with Gasteiger partial charge in [0, 0.05) is 38.5 Å². The van der Waals surface area contributed by atoms with Crippen LogP contribution in [0.15, 0.2) is 30.6 Å². The van der Waals surface area contributed by atoms with E-state index in [4.69, 9.17) is 14.2 Å². The molecule has 1 fully saturated rings. The molecule has 32 heavy (non-hydrogen) atoms. The van der Waals surface area contributed by atoms with Crippen molar-refractivity contribution in [3.05, 3.63) is 41.7 Å². The second-order valence-corrected chi connectivity index (χ2v) is 7.65. The fourth-order valence-corrected chi connectivity index (χ4v) is 3.90. The van der Waals surface area contributed by atoms with Crippen molar-refractivity contribution in [1.82, 2.24) is 20.1 Å². The number of aromatic nitrogens is 3. The molecule has 0 saturated carbocycles. The van der Waals surface area contributed by atoms with Crippen LogP contribution in [0, 0.1) is 0 Å². The van der Waals surface area contributed by atoms with Gasteiger partial charge in [0.2, 0.25) is 0 Å². The van der Waals surface area contributed by atoms with E-state index in [1.807, 2.05) is 29.8 Å². The lowest BCUT2D eigenvalue weighted by molar-refractivity contribution is 0.0904. The number of ether oxygens (including phenoxy) is 3. The summed E-state index contributed by atoms with van der Waals surface area (Å²) in [4.78, 5) is 17.7. The minimum absolute atomic E-state index is 0.201. The molecule has 0 aliphatic carbocycles. The highest BCUT2D eigenvalue weighted by Gasteiger charge is 2.22. The third kappa shape index (κ3) is 4.47. The molecule has 1 aliphatic heterocycles. The van der Waals surface area contributed by atoms with Crippen LogP contribution in [0.5, 0.6) is 11.5 Å². The average molecular weight is 440 g/mol. The van der Waals surface area contributed by atoms with Gasteiger partial charge in [-0.05, 0) is 37.5 Å². The lowest BCUT2D eigenvalue weighted by atomic mass is 10.1. The van der Waals surface area contributed by atoms with Crippen molar-refractivity contribution in [1.29, 1.82) is 0 Å². The Hall–Kier alpha value is -3.33. The predicted octanol–water partition coefficient (Wildman–Crippen LogP) is 2.99. The van der Waals surface area contributed by atoms with Gasteiger partial charge in [-0.1, -0.05) is 6.07 Å². The van der Waals surface area contributed by atoms with Gasteiger partial charge in [-0.15, -0.1) is 0 Å². The van der Waals surface area contributed by atoms with Crippen LogP contribution in [0.3, 0.4) is 0 Å². The molecule has 2 aromatic heterocycles. The Morgan fingerprint density at radius 1 is 1.19 bits per heavy atom. The molecule has 1 amide bonds. The molecule has 0 bridgehead atoms. The second-order valence-electron chi connectivity index (χ2n) is 7.65. The van der Waals surface area contributed by atoms with Crippen LogP contribution in [-0.2, 0) is 17.8 Å². The molecule has 0 unspecified atom stereocenters. The Morgan fingerprint density at radius 3 is 2.69 bits per heavy atom. The number of carbonyl (C=O) groups is 1. The first-order valence-electron chi connectivity index (χ1n) is 10.8. The largest absolute Gasteiger partial charge is 0.493 e. The Labute approximate surface area is 187 Å². The summed E-state index contributed by atoms with van der Waals surface area (Å²) < 4.78 is 17.9. The molecule has 0 radical (unpaired) electrons. The average Bonchev–Trinajstić information content (AvgIpc) is 3.27. The Balaban J connectivity index is 1.59. The summed E-state index contributed by atoms with van der Waals surface area (Å²) in [6.07, 6.45) is 5.18. The van der Waals surface area contributed by atoms with Crippen LogP contribution < -0.4 is 20.1 Å². The molecule has 9 nitrogen and oxygen atoms in total. The summed E-state index contributed by atoms with van der Waals surface area (Å²) in [6.45, 7) is 4.49. The van der Waals surface area contributed by atoms with Crippen LogP contribution >= 0.6 is 0 Å². The summed E-state index contributed by atoms with van der Waals surface area (Å²) in [7, 11) is 3.18. The fraction of sp³-hybridized carbons (Fsp3) is 0.435. The van der Waals surface area contributed by atoms with Gasteiger partial charge >= 0.3 is 0 Å². The quantitative estimate of drug-likeness (QED) is 0.557. The Bertz CT molecular complexity index is 1090. The third-order valence-corrected chi connectivity index (χ3v) is 5.68. The number of aryl methyl sites for hydroxylation is 1. The van der Waals surface area contributed by atoms with Crippen molar-refractivity contribution in [2.24, 2.45) is 0 Å². The molecule has 9 heteroatoms. The normalized spacial score (nSPS) is 14.3. The predicted molar refractivity (Wildman–Crippen MR) is 121 cm³/mol. The summed E-state index contributed by atoms with van der Waals surface area (Å²) in [5.74, 6) is 1.07. The molecule has 0 spiro atoms. The van der Waals surface area contributed by atoms with E-state index in [-0.39, 0.29) is 11.9 Å². The number of fused-ring (bicyclic) bond motifs is 1. The molecule has 1 saturated heterocycles. The highest BCUT2D eigenvalue weighted by Crippen LogP contribution is 2.29. The number of pyridine rings is 1. The summed E-state index contributed by atoms with van der Waals surface area (Å²) in [6, 6.07) is 5.81. The summed E-state index contributed by atoms with van der Waals surface area (Å²) in [5.41, 5.74) is 2.94. The summed E-state index contributed by atoms with van der Waals surface area (Å²) >= 11 is 0. The van der Waals surface area contributed by atoms with E-state index < -0.39 is 0 Å². The highest BCUT2D eigenvalue weighted by molar-refractivity contribution is 6.06. The number of benzene rings is 1. The van der Waals surface area contributed by atoms with Crippen LogP contribution in [0.25, 0.3) is 11.0 Å². The van der Waals surface area contributed by atoms with E-state index in [0.29, 0.717) is 43.4 Å². The maximum absolute atomic E-state index is 13.2. The number of methoxy groups -OCH3 is 2. The molecule has 170 valence electrons. The van der Waals surface area contributed by atoms with E-state index in [1.165, 1.54) is 0 Å². The zero-order valence-electron chi connectivity index (χ0n) is 18.7. The van der Waals surface area contributed by atoms with Crippen molar-refractivity contribution in [2.75, 3.05) is 32.8 Å². The van der Waals surface area contributed by atoms with Crippen LogP contribution in [0.1, 0.15) is 35.7 Å². The number of hydrogen-bond donors (Lipinski definition) is 2. The molecule has 1 aliphatic rings. The molecule has 3 heterocycles. The first-order chi connectivity index (χ1) is 15.6. The van der Waals surface area contributed by atoms with Crippen molar-refractivity contribution in [3.63, 3.8) is 0 Å². The number of amides is 1. The third-order valence-electron chi connectivity index (χ3n) is 5.68. The lowest BCUT2D eigenvalue weighted by Gasteiger charge is -2.25. The van der Waals surface area contributed by atoms with E-state index in [0.717, 1.165) is 35.1 Å². The second kappa shape index (κ2) is 9.86. The van der Waals surface area contributed by atoms with Crippen molar-refractivity contribution in [2.45, 2.75) is 38.9 Å². The zero-order chi connectivity index (χ0) is 22.5. The van der Waals surface area contributed by atoms with Gasteiger partial charge in [0.1, 0.15) is 0 Å². The van der Waals surface area contributed by atoms with Crippen molar-refractivity contribution < 1.29 is 19.0 Å². The molecular weight excluding hydrogens is 410 g/mol. The van der Waals surface area contributed by atoms with Gasteiger partial charge in [0.25, 0.3) is 5.91 Å². The monoisotopic (exact) mass is 439 g/mol. The molecule has 4 rings (SSSR count). The molecule has 0 atom stereocenters. The summed E-state index contributed by atoms with van der Waals surface area (Å²) in [5, 5.41) is 11.8. The number of nitrogens with zero attached hydrogens (tertiary/aromatic N) is 3. The van der Waals surface area contributed by atoms with Gasteiger partial charge < -0.3 is 24.8 Å². The van der Waals surface area contributed by atoms with Crippen LogP contribution in [0.2, 0.25) is 0 Å². The number of rotatable bonds is 8. The Kier molecular flexibility index (Phi) is 6.75. The number of anilines is 1. The number of hydrogen-bond acceptors (Lipinski definition) is 7. The topological polar surface area (TPSA) is 99.5 Å². The molecule has 1 aromatic carbocycles. The minimum atomic E-state index is -0.201. The minimum Gasteiger partial charge on any atom is -0.493 e. The maximum Gasteiger partial charge on any atom is 0.255 e. The molecular formula is C23H29N5O4. The molecule has 2 N–H and O–H groups in total. The van der Waals surface area contributed by atoms with E-state index >= 15 is 0 Å². The van der Waals surface area contributed by atoms with Crippen LogP contribution in [0.4, 0.5) is 5.69 Å². The van der Waals surface area contributed by atoms with Crippen LogP contribution in [-0.4, -0.2) is 54.1 Å². The van der Waals surface area contributed by atoms with E-state index in [9.17, 15) is 4.79 Å². The van der Waals surface area contributed by atoms with Gasteiger partial charge in [-0.25, -0.2) is 9.67 Å². The van der Waals surface area contributed by atoms with E-state index in [2.05, 4.69) is 20.7 Å². The van der Waals surface area contributed by atoms with Crippen molar-refractivity contribution >= 4 is 22.6 Å². The van der Waals surface area contributed by atoms with Gasteiger partial charge in [-0.3, -0.25) is 4.79 Å². The Morgan fingerprint density at radius 2 is 1.97 bits per heavy atom. The maximum atomic E-state index is 13.2. The first-order valence-corrected chi connectivity index (χ1v) is 10.8. The fourth-order valence-electron chi connectivity index (χ4n) is 3.90. The van der Waals surface area contributed by atoms with Gasteiger partial charge in [-0.2, -0.15) is 5.10 Å². The van der Waals surface area contributed by atoms with Gasteiger partial charge in [0.15, 0.2) is 17.1 Å². The lowest BCUT2D eigenvalue weighted by Crippen LogP contribution is -2.30. The number of nitrogens with one attached hydrogen (secondary N) is 2. The zero-order valence-corrected chi connectivity index (χ0v) is 18.7. The molecule has 3 aromatic rings. The van der Waals surface area contributed by atoms with Crippen molar-refractivity contribution in [3.8, 4) is 11.5 Å². The standard InChI is InChI=1S/C23H29N5O4/c1-4-28-22-17(14-26-28)21(27-16-7-9-32-10-8-16)18(13-24-22)23(29)25-12-15-5-6-19(30-2)20(11-15)31-3/h5-6,11,13-14,16H,4,7-10,12H2,1-3H3,(H,24,27)(H,25,29). The number of carbonyl (C=O) groups excluding carboxylic acids is 1. The van der Waals surface area contributed by atoms with Gasteiger partial charge in [0.05, 0.1) is 37.1 Å².